The molecule has 0 amide bonds. The van der Waals surface area contributed by atoms with Crippen LogP contribution in [0.15, 0.2) is 30.4 Å². The van der Waals surface area contributed by atoms with E-state index in [1.807, 2.05) is 6.08 Å². The summed E-state index contributed by atoms with van der Waals surface area (Å²) in [6.07, 6.45) is 11.2. The lowest BCUT2D eigenvalue weighted by Crippen LogP contribution is -2.46. The van der Waals surface area contributed by atoms with Crippen LogP contribution < -0.4 is 4.74 Å². The predicted octanol–water partition coefficient (Wildman–Crippen LogP) is 4.58. The van der Waals surface area contributed by atoms with Crippen LogP contribution in [0.3, 0.4) is 0 Å². The summed E-state index contributed by atoms with van der Waals surface area (Å²) < 4.78 is 11.7. The van der Waals surface area contributed by atoms with Gasteiger partial charge in [-0.05, 0) is 86.6 Å². The second-order valence-corrected chi connectivity index (χ2v) is 10.3. The van der Waals surface area contributed by atoms with Gasteiger partial charge in [-0.3, -0.25) is 4.79 Å². The number of likely N-dealkylation sites (N-methyl/N-ethyl adjacent to an activating group) is 1. The third-order valence-corrected chi connectivity index (χ3v) is 8.70. The highest BCUT2D eigenvalue weighted by molar-refractivity contribution is 5.75. The fourth-order valence-corrected chi connectivity index (χ4v) is 7.09. The summed E-state index contributed by atoms with van der Waals surface area (Å²) in [5.74, 6) is 2.88. The van der Waals surface area contributed by atoms with Crippen LogP contribution in [0, 0.1) is 23.2 Å². The fourth-order valence-electron chi connectivity index (χ4n) is 7.09. The summed E-state index contributed by atoms with van der Waals surface area (Å²) in [7, 11) is 3.81. The van der Waals surface area contributed by atoms with Gasteiger partial charge in [0.15, 0.2) is 0 Å². The van der Waals surface area contributed by atoms with E-state index in [1.54, 1.807) is 12.7 Å². The topological polar surface area (TPSA) is 38.8 Å². The second-order valence-electron chi connectivity index (χ2n) is 10.3. The van der Waals surface area contributed by atoms with Crippen LogP contribution in [-0.4, -0.2) is 44.2 Å². The summed E-state index contributed by atoms with van der Waals surface area (Å²) in [5, 5.41) is 0. The van der Waals surface area contributed by atoms with Crippen molar-refractivity contribution in [3.8, 4) is 5.75 Å². The Hall–Kier alpha value is -1.81. The van der Waals surface area contributed by atoms with Gasteiger partial charge in [0, 0.05) is 18.5 Å². The van der Waals surface area contributed by atoms with E-state index in [9.17, 15) is 4.79 Å². The number of ether oxygens (including phenoxy) is 2. The van der Waals surface area contributed by atoms with Gasteiger partial charge in [0.05, 0.1) is 13.0 Å². The maximum Gasteiger partial charge on any atom is 0.314 e. The van der Waals surface area contributed by atoms with Crippen LogP contribution in [-0.2, 0) is 16.0 Å². The van der Waals surface area contributed by atoms with E-state index in [0.717, 1.165) is 38.1 Å². The van der Waals surface area contributed by atoms with Crippen molar-refractivity contribution in [2.75, 3.05) is 27.2 Å². The molecule has 4 nitrogen and oxygen atoms in total. The standard InChI is InChI=1S/C26H35NO3/c1-26-13-12-21-20-9-7-19(29-3)15-17(20)6-8-22(21)23(26)10-11-24(26)30-25(28)18-5-4-14-27(2)16-18/h4-5,7,9,15,18,21-24H,6,8,10-14,16H2,1-3H3/t18?,21-,22-,23+,24+,26+/m1/s1. The summed E-state index contributed by atoms with van der Waals surface area (Å²) in [5.41, 5.74) is 3.16. The van der Waals surface area contributed by atoms with Gasteiger partial charge in [-0.25, -0.2) is 0 Å². The third kappa shape index (κ3) is 3.28. The van der Waals surface area contributed by atoms with Gasteiger partial charge in [0.1, 0.15) is 11.9 Å². The number of carbonyl (C=O) groups excluding carboxylic acids is 1. The average molecular weight is 410 g/mol. The average Bonchev–Trinajstić information content (AvgIpc) is 3.09. The molecule has 0 N–H and O–H groups in total. The number of carbonyl (C=O) groups is 1. The monoisotopic (exact) mass is 409 g/mol. The molecule has 30 heavy (non-hydrogen) atoms. The molecule has 6 atom stereocenters. The Morgan fingerprint density at radius 3 is 2.87 bits per heavy atom. The Kier molecular flexibility index (Phi) is 5.17. The number of fused-ring (bicyclic) bond motifs is 5. The van der Waals surface area contributed by atoms with Gasteiger partial charge in [-0.2, -0.15) is 0 Å². The molecule has 1 aromatic carbocycles. The van der Waals surface area contributed by atoms with Gasteiger partial charge in [0.25, 0.3) is 0 Å². The van der Waals surface area contributed by atoms with E-state index >= 15 is 0 Å². The first-order valence-electron chi connectivity index (χ1n) is 11.7. The molecular formula is C26H35NO3. The van der Waals surface area contributed by atoms with Crippen molar-refractivity contribution in [2.45, 2.75) is 57.5 Å². The highest BCUT2D eigenvalue weighted by Gasteiger charge is 2.56. The Morgan fingerprint density at radius 2 is 2.07 bits per heavy atom. The zero-order valence-corrected chi connectivity index (χ0v) is 18.6. The van der Waals surface area contributed by atoms with Crippen molar-refractivity contribution in [1.82, 2.24) is 4.90 Å². The minimum atomic E-state index is -0.112. The van der Waals surface area contributed by atoms with Gasteiger partial charge >= 0.3 is 5.97 Å². The number of rotatable bonds is 3. The molecule has 1 heterocycles. The van der Waals surface area contributed by atoms with Gasteiger partial charge < -0.3 is 14.4 Å². The minimum Gasteiger partial charge on any atom is -0.497 e. The van der Waals surface area contributed by atoms with E-state index in [-0.39, 0.29) is 23.4 Å². The zero-order valence-electron chi connectivity index (χ0n) is 18.6. The molecule has 0 bridgehead atoms. The number of nitrogens with zero attached hydrogens (tertiary/aromatic N) is 1. The van der Waals surface area contributed by atoms with Crippen molar-refractivity contribution < 1.29 is 14.3 Å². The molecule has 4 heteroatoms. The molecule has 5 rings (SSSR count). The van der Waals surface area contributed by atoms with Crippen LogP contribution in [0.1, 0.15) is 56.1 Å². The van der Waals surface area contributed by atoms with E-state index in [2.05, 4.69) is 43.1 Å². The zero-order chi connectivity index (χ0) is 20.9. The van der Waals surface area contributed by atoms with Crippen molar-refractivity contribution in [2.24, 2.45) is 23.2 Å². The first-order valence-corrected chi connectivity index (χ1v) is 11.7. The summed E-state index contributed by atoms with van der Waals surface area (Å²) in [4.78, 5) is 15.1. The first-order chi connectivity index (χ1) is 14.5. The van der Waals surface area contributed by atoms with Gasteiger partial charge in [0.2, 0.25) is 0 Å². The quantitative estimate of drug-likeness (QED) is 0.541. The van der Waals surface area contributed by atoms with E-state index in [4.69, 9.17) is 9.47 Å². The minimum absolute atomic E-state index is 0.0205. The second kappa shape index (κ2) is 7.71. The molecule has 2 fully saturated rings. The number of aryl methyl sites for hydroxylation is 1. The van der Waals surface area contributed by atoms with Crippen LogP contribution in [0.25, 0.3) is 0 Å². The normalized spacial score (nSPS) is 37.8. The van der Waals surface area contributed by atoms with Crippen molar-refractivity contribution in [1.29, 1.82) is 0 Å². The van der Waals surface area contributed by atoms with Crippen molar-refractivity contribution in [3.05, 3.63) is 41.5 Å². The molecule has 0 radical (unpaired) electrons. The van der Waals surface area contributed by atoms with Crippen LogP contribution in [0.5, 0.6) is 5.75 Å². The number of hydrogen-bond donors (Lipinski definition) is 0. The van der Waals surface area contributed by atoms with Gasteiger partial charge in [-0.15, -0.1) is 0 Å². The summed E-state index contributed by atoms with van der Waals surface area (Å²) >= 11 is 0. The van der Waals surface area contributed by atoms with Crippen molar-refractivity contribution in [3.63, 3.8) is 0 Å². The molecule has 0 saturated heterocycles. The summed E-state index contributed by atoms with van der Waals surface area (Å²) in [6, 6.07) is 6.68. The summed E-state index contributed by atoms with van der Waals surface area (Å²) in [6.45, 7) is 4.10. The molecular weight excluding hydrogens is 374 g/mol. The smallest absolute Gasteiger partial charge is 0.314 e. The number of benzene rings is 1. The maximum absolute atomic E-state index is 12.9. The molecule has 4 aliphatic rings. The first kappa shape index (κ1) is 20.1. The highest BCUT2D eigenvalue weighted by atomic mass is 16.5. The Balaban J connectivity index is 1.32. The lowest BCUT2D eigenvalue weighted by atomic mass is 9.55. The lowest BCUT2D eigenvalue weighted by molar-refractivity contribution is -0.161. The molecule has 1 aliphatic heterocycles. The molecule has 1 aromatic rings. The number of methoxy groups -OCH3 is 1. The molecule has 1 unspecified atom stereocenters. The molecule has 0 spiro atoms. The Labute approximate surface area is 180 Å². The van der Waals surface area contributed by atoms with Crippen LogP contribution in [0.4, 0.5) is 0 Å². The molecule has 2 saturated carbocycles. The SMILES string of the molecule is COc1ccc2c(c1)CC[C@@H]1[C@@H]2CC[C@]2(C)[C@@H](OC(=O)C3C=CCN(C)C3)CC[C@@H]12. The van der Waals surface area contributed by atoms with Crippen LogP contribution in [0.2, 0.25) is 0 Å². The molecule has 3 aliphatic carbocycles. The lowest BCUT2D eigenvalue weighted by Gasteiger charge is -2.50. The Bertz CT molecular complexity index is 849. The Morgan fingerprint density at radius 1 is 1.20 bits per heavy atom. The number of hydrogen-bond acceptors (Lipinski definition) is 4. The fraction of sp³-hybridized carbons (Fsp3) is 0.654. The number of esters is 1. The van der Waals surface area contributed by atoms with E-state index in [0.29, 0.717) is 17.8 Å². The van der Waals surface area contributed by atoms with Crippen molar-refractivity contribution >= 4 is 5.97 Å². The molecule has 162 valence electrons. The van der Waals surface area contributed by atoms with E-state index in [1.165, 1.54) is 24.8 Å². The predicted molar refractivity (Wildman–Crippen MR) is 118 cm³/mol. The van der Waals surface area contributed by atoms with Crippen LogP contribution >= 0.6 is 0 Å². The maximum atomic E-state index is 12.9. The largest absolute Gasteiger partial charge is 0.497 e. The molecule has 0 aromatic heterocycles. The van der Waals surface area contributed by atoms with E-state index < -0.39 is 0 Å². The third-order valence-electron chi connectivity index (χ3n) is 8.70. The van der Waals surface area contributed by atoms with Gasteiger partial charge in [-0.1, -0.05) is 25.1 Å². The highest BCUT2D eigenvalue weighted by Crippen LogP contribution is 2.61.